The highest BCUT2D eigenvalue weighted by Gasteiger charge is 2.25. The van der Waals surface area contributed by atoms with Crippen molar-refractivity contribution in [2.24, 2.45) is 0 Å². The number of ether oxygens (including phenoxy) is 3. The van der Waals surface area contributed by atoms with E-state index in [1.54, 1.807) is 45.0 Å². The molecular formula is C17H23NO6. The van der Waals surface area contributed by atoms with Crippen LogP contribution in [0, 0.1) is 0 Å². The van der Waals surface area contributed by atoms with Crippen molar-refractivity contribution in [1.29, 1.82) is 0 Å². The van der Waals surface area contributed by atoms with Gasteiger partial charge >= 0.3 is 18.0 Å². The molecule has 1 N–H and O–H groups in total. The molecule has 0 radical (unpaired) electrons. The summed E-state index contributed by atoms with van der Waals surface area (Å²) >= 11 is 0. The Hall–Kier alpha value is -2.57. The van der Waals surface area contributed by atoms with Crippen LogP contribution < -0.4 is 5.32 Å². The van der Waals surface area contributed by atoms with Crippen LogP contribution in [0.3, 0.4) is 0 Å². The molecular weight excluding hydrogens is 314 g/mol. The fourth-order valence-corrected chi connectivity index (χ4v) is 1.92. The molecule has 0 fully saturated rings. The minimum absolute atomic E-state index is 0.202. The normalized spacial score (nSPS) is 12.0. The Morgan fingerprint density at radius 3 is 2.08 bits per heavy atom. The van der Waals surface area contributed by atoms with Crippen LogP contribution in [0.25, 0.3) is 0 Å². The molecule has 24 heavy (non-hydrogen) atoms. The predicted octanol–water partition coefficient (Wildman–Crippen LogP) is 2.08. The van der Waals surface area contributed by atoms with Crippen molar-refractivity contribution in [3.8, 4) is 0 Å². The van der Waals surface area contributed by atoms with Crippen LogP contribution in [-0.2, 0) is 25.4 Å². The van der Waals surface area contributed by atoms with Gasteiger partial charge in [0.2, 0.25) is 0 Å². The molecule has 0 saturated heterocycles. The summed E-state index contributed by atoms with van der Waals surface area (Å²) in [4.78, 5) is 35.1. The first-order chi connectivity index (χ1) is 11.2. The summed E-state index contributed by atoms with van der Waals surface area (Å²) in [5.74, 6) is -1.03. The number of nitrogens with one attached hydrogen (secondary N) is 1. The molecule has 0 spiro atoms. The maximum atomic E-state index is 11.9. The molecule has 0 aromatic heterocycles. The Kier molecular flexibility index (Phi) is 6.76. The third kappa shape index (κ3) is 6.28. The number of carbonyl (C=O) groups excluding carboxylic acids is 3. The Morgan fingerprint density at radius 1 is 1.04 bits per heavy atom. The molecule has 7 nitrogen and oxygen atoms in total. The fourth-order valence-electron chi connectivity index (χ4n) is 1.92. The number of alkyl carbamates (subject to hydrolysis) is 1. The lowest BCUT2D eigenvalue weighted by atomic mass is 10.0. The largest absolute Gasteiger partial charge is 0.467 e. The van der Waals surface area contributed by atoms with Gasteiger partial charge in [-0.3, -0.25) is 0 Å². The van der Waals surface area contributed by atoms with Crippen molar-refractivity contribution >= 4 is 18.0 Å². The lowest BCUT2D eigenvalue weighted by Crippen LogP contribution is -2.45. The van der Waals surface area contributed by atoms with Gasteiger partial charge in [0.15, 0.2) is 0 Å². The summed E-state index contributed by atoms with van der Waals surface area (Å²) in [7, 11) is 2.54. The Balaban J connectivity index is 2.81. The van der Waals surface area contributed by atoms with Gasteiger partial charge < -0.3 is 19.5 Å². The summed E-state index contributed by atoms with van der Waals surface area (Å²) in [6.07, 6.45) is -0.503. The number of methoxy groups -OCH3 is 2. The van der Waals surface area contributed by atoms with Gasteiger partial charge in [-0.1, -0.05) is 12.1 Å². The Labute approximate surface area is 141 Å². The van der Waals surface area contributed by atoms with E-state index in [1.807, 2.05) is 0 Å². The molecule has 0 aliphatic heterocycles. The molecule has 1 rings (SSSR count). The summed E-state index contributed by atoms with van der Waals surface area (Å²) in [6, 6.07) is 5.64. The van der Waals surface area contributed by atoms with Gasteiger partial charge in [-0.15, -0.1) is 0 Å². The molecule has 0 saturated carbocycles. The summed E-state index contributed by atoms with van der Waals surface area (Å²) in [6.45, 7) is 5.18. The van der Waals surface area contributed by atoms with E-state index in [-0.39, 0.29) is 6.42 Å². The maximum Gasteiger partial charge on any atom is 0.408 e. The zero-order chi connectivity index (χ0) is 18.3. The van der Waals surface area contributed by atoms with Crippen LogP contribution in [0.4, 0.5) is 4.79 Å². The van der Waals surface area contributed by atoms with E-state index < -0.39 is 29.7 Å². The van der Waals surface area contributed by atoms with Crippen molar-refractivity contribution < 1.29 is 28.6 Å². The fraction of sp³-hybridized carbons (Fsp3) is 0.471. The predicted molar refractivity (Wildman–Crippen MR) is 86.7 cm³/mol. The number of hydrogen-bond acceptors (Lipinski definition) is 6. The SMILES string of the molecule is COC(=O)c1ccc(C[C@H](NC(=O)OC(C)(C)C)C(=O)OC)cc1. The van der Waals surface area contributed by atoms with Crippen LogP contribution in [0.1, 0.15) is 36.7 Å². The molecule has 1 atom stereocenters. The molecule has 1 aromatic carbocycles. The van der Waals surface area contributed by atoms with Gasteiger partial charge in [-0.05, 0) is 38.5 Å². The lowest BCUT2D eigenvalue weighted by Gasteiger charge is -2.22. The molecule has 132 valence electrons. The lowest BCUT2D eigenvalue weighted by molar-refractivity contribution is -0.143. The Morgan fingerprint density at radius 2 is 1.62 bits per heavy atom. The highest BCUT2D eigenvalue weighted by atomic mass is 16.6. The molecule has 0 aliphatic rings. The van der Waals surface area contributed by atoms with Gasteiger partial charge in [-0.25, -0.2) is 14.4 Å². The van der Waals surface area contributed by atoms with Gasteiger partial charge in [-0.2, -0.15) is 0 Å². The van der Waals surface area contributed by atoms with E-state index in [9.17, 15) is 14.4 Å². The summed E-state index contributed by atoms with van der Waals surface area (Å²) in [5, 5.41) is 2.49. The van der Waals surface area contributed by atoms with Crippen LogP contribution in [-0.4, -0.2) is 43.9 Å². The number of benzene rings is 1. The van der Waals surface area contributed by atoms with Crippen molar-refractivity contribution in [1.82, 2.24) is 5.32 Å². The molecule has 0 bridgehead atoms. The number of rotatable bonds is 5. The number of carbonyl (C=O) groups is 3. The van der Waals surface area contributed by atoms with Crippen molar-refractivity contribution in [3.63, 3.8) is 0 Å². The Bertz CT molecular complexity index is 588. The number of amides is 1. The second kappa shape index (κ2) is 8.33. The van der Waals surface area contributed by atoms with E-state index >= 15 is 0 Å². The first-order valence-corrected chi connectivity index (χ1v) is 7.41. The highest BCUT2D eigenvalue weighted by Crippen LogP contribution is 2.11. The molecule has 0 heterocycles. The highest BCUT2D eigenvalue weighted by molar-refractivity contribution is 5.89. The molecule has 1 aromatic rings. The second-order valence-corrected chi connectivity index (χ2v) is 6.11. The van der Waals surface area contributed by atoms with Crippen LogP contribution in [0.2, 0.25) is 0 Å². The van der Waals surface area contributed by atoms with Crippen LogP contribution in [0.15, 0.2) is 24.3 Å². The third-order valence-electron chi connectivity index (χ3n) is 2.99. The third-order valence-corrected chi connectivity index (χ3v) is 2.99. The first-order valence-electron chi connectivity index (χ1n) is 7.41. The molecule has 7 heteroatoms. The van der Waals surface area contributed by atoms with Gasteiger partial charge in [0, 0.05) is 6.42 Å². The van der Waals surface area contributed by atoms with E-state index in [0.717, 1.165) is 5.56 Å². The standard InChI is InChI=1S/C17H23NO6/c1-17(2,3)24-16(21)18-13(15(20)23-5)10-11-6-8-12(9-7-11)14(19)22-4/h6-9,13H,10H2,1-5H3,(H,18,21)/t13-/m0/s1. The van der Waals surface area contributed by atoms with Crippen molar-refractivity contribution in [2.75, 3.05) is 14.2 Å². The summed E-state index contributed by atoms with van der Waals surface area (Å²) in [5.41, 5.74) is 0.470. The average molecular weight is 337 g/mol. The summed E-state index contributed by atoms with van der Waals surface area (Å²) < 4.78 is 14.5. The zero-order valence-electron chi connectivity index (χ0n) is 14.5. The topological polar surface area (TPSA) is 90.9 Å². The van der Waals surface area contributed by atoms with Gasteiger partial charge in [0.1, 0.15) is 11.6 Å². The number of hydrogen-bond donors (Lipinski definition) is 1. The maximum absolute atomic E-state index is 11.9. The zero-order valence-corrected chi connectivity index (χ0v) is 14.5. The smallest absolute Gasteiger partial charge is 0.408 e. The van der Waals surface area contributed by atoms with Crippen LogP contribution in [0.5, 0.6) is 0 Å². The van der Waals surface area contributed by atoms with Crippen molar-refractivity contribution in [3.05, 3.63) is 35.4 Å². The minimum Gasteiger partial charge on any atom is -0.467 e. The monoisotopic (exact) mass is 337 g/mol. The quantitative estimate of drug-likeness (QED) is 0.653. The van der Waals surface area contributed by atoms with E-state index in [4.69, 9.17) is 9.47 Å². The van der Waals surface area contributed by atoms with Crippen LogP contribution >= 0.6 is 0 Å². The molecule has 0 aliphatic carbocycles. The first kappa shape index (κ1) is 19.5. The van der Waals surface area contributed by atoms with Gasteiger partial charge in [0.05, 0.1) is 19.8 Å². The van der Waals surface area contributed by atoms with Crippen molar-refractivity contribution in [2.45, 2.75) is 38.8 Å². The number of esters is 2. The van der Waals surface area contributed by atoms with E-state index in [1.165, 1.54) is 14.2 Å². The second-order valence-electron chi connectivity index (χ2n) is 6.11. The molecule has 1 amide bonds. The average Bonchev–Trinajstić information content (AvgIpc) is 2.51. The van der Waals surface area contributed by atoms with E-state index in [2.05, 4.69) is 10.1 Å². The minimum atomic E-state index is -0.895. The van der Waals surface area contributed by atoms with E-state index in [0.29, 0.717) is 5.56 Å². The van der Waals surface area contributed by atoms with Gasteiger partial charge in [0.25, 0.3) is 0 Å². The molecule has 0 unspecified atom stereocenters.